The number of aromatic nitrogens is 2. The third-order valence-corrected chi connectivity index (χ3v) is 6.40. The van der Waals surface area contributed by atoms with Crippen molar-refractivity contribution in [2.75, 3.05) is 13.7 Å². The fourth-order valence-corrected chi connectivity index (χ4v) is 4.42. The summed E-state index contributed by atoms with van der Waals surface area (Å²) in [5.74, 6) is 1.32. The maximum Gasteiger partial charge on any atom is 0.240 e. The van der Waals surface area contributed by atoms with Gasteiger partial charge < -0.3 is 9.30 Å². The van der Waals surface area contributed by atoms with Crippen molar-refractivity contribution in [1.82, 2.24) is 14.3 Å². The van der Waals surface area contributed by atoms with Gasteiger partial charge in [0.2, 0.25) is 10.0 Å². The zero-order valence-electron chi connectivity index (χ0n) is 16.9. The lowest BCUT2D eigenvalue weighted by atomic mass is 10.1. The summed E-state index contributed by atoms with van der Waals surface area (Å²) in [6.07, 6.45) is 0. The van der Waals surface area contributed by atoms with Crippen LogP contribution in [0.2, 0.25) is 0 Å². The number of para-hydroxylation sites is 2. The maximum atomic E-state index is 12.7. The average molecular weight is 422 g/mol. The predicted octanol–water partition coefficient (Wildman–Crippen LogP) is 4.00. The molecule has 0 saturated carbocycles. The van der Waals surface area contributed by atoms with Crippen LogP contribution < -0.4 is 9.46 Å². The molecule has 6 nitrogen and oxygen atoms in total. The number of rotatable bonds is 7. The second kappa shape index (κ2) is 8.30. The molecule has 0 fully saturated rings. The number of sulfonamides is 1. The van der Waals surface area contributed by atoms with E-state index in [1.807, 2.05) is 60.0 Å². The molecule has 4 rings (SSSR count). The van der Waals surface area contributed by atoms with Crippen LogP contribution in [-0.2, 0) is 16.6 Å². The van der Waals surface area contributed by atoms with Crippen LogP contribution in [0.3, 0.4) is 0 Å². The van der Waals surface area contributed by atoms with E-state index in [4.69, 9.17) is 9.72 Å². The summed E-state index contributed by atoms with van der Waals surface area (Å²) >= 11 is 0. The van der Waals surface area contributed by atoms with Crippen molar-refractivity contribution in [3.63, 3.8) is 0 Å². The highest BCUT2D eigenvalue weighted by molar-refractivity contribution is 7.89. The molecule has 154 valence electrons. The Labute approximate surface area is 176 Å². The summed E-state index contributed by atoms with van der Waals surface area (Å²) in [6.45, 7) is 2.73. The summed E-state index contributed by atoms with van der Waals surface area (Å²) in [7, 11) is -2.14. The van der Waals surface area contributed by atoms with E-state index in [0.717, 1.165) is 22.4 Å². The summed E-state index contributed by atoms with van der Waals surface area (Å²) in [4.78, 5) is 4.95. The third-order valence-electron chi connectivity index (χ3n) is 4.94. The number of aryl methyl sites for hydroxylation is 1. The van der Waals surface area contributed by atoms with Gasteiger partial charge in [-0.1, -0.05) is 48.0 Å². The van der Waals surface area contributed by atoms with Crippen molar-refractivity contribution in [2.45, 2.75) is 18.4 Å². The van der Waals surface area contributed by atoms with E-state index in [1.165, 1.54) is 18.7 Å². The van der Waals surface area contributed by atoms with Crippen LogP contribution in [0.15, 0.2) is 77.7 Å². The first-order valence-electron chi connectivity index (χ1n) is 9.64. The van der Waals surface area contributed by atoms with Crippen LogP contribution in [0.4, 0.5) is 0 Å². The molecule has 1 heterocycles. The van der Waals surface area contributed by atoms with Crippen molar-refractivity contribution < 1.29 is 13.2 Å². The number of imidazole rings is 1. The monoisotopic (exact) mass is 421 g/mol. The van der Waals surface area contributed by atoms with Crippen molar-refractivity contribution in [3.05, 3.63) is 78.4 Å². The Bertz CT molecular complexity index is 1280. The molecule has 0 unspecified atom stereocenters. The summed E-state index contributed by atoms with van der Waals surface area (Å²) in [5.41, 5.74) is 4.01. The van der Waals surface area contributed by atoms with Gasteiger partial charge in [-0.3, -0.25) is 0 Å². The highest BCUT2D eigenvalue weighted by atomic mass is 32.2. The molecule has 7 heteroatoms. The minimum atomic E-state index is -3.65. The molecular formula is C23H23N3O3S. The number of hydrogen-bond donors (Lipinski definition) is 1. The molecule has 0 saturated heterocycles. The standard InChI is InChI=1S/C23H23N3O3S/c1-17-10-12-18(13-11-17)23-25-21-8-3-4-9-22(21)26(23)15-14-24-30(27,28)20-7-5-6-19(16-20)29-2/h3-13,16,24H,14-15H2,1-2H3. The molecule has 0 atom stereocenters. The van der Waals surface area contributed by atoms with E-state index < -0.39 is 10.0 Å². The fourth-order valence-electron chi connectivity index (χ4n) is 3.37. The van der Waals surface area contributed by atoms with E-state index in [2.05, 4.69) is 4.72 Å². The van der Waals surface area contributed by atoms with Crippen LogP contribution in [0.5, 0.6) is 5.75 Å². The van der Waals surface area contributed by atoms with Crippen molar-refractivity contribution in [2.24, 2.45) is 0 Å². The normalized spacial score (nSPS) is 11.7. The Morgan fingerprint density at radius 1 is 1.00 bits per heavy atom. The highest BCUT2D eigenvalue weighted by Crippen LogP contribution is 2.25. The average Bonchev–Trinajstić information content (AvgIpc) is 3.13. The third kappa shape index (κ3) is 4.08. The Morgan fingerprint density at radius 3 is 2.53 bits per heavy atom. The lowest BCUT2D eigenvalue weighted by molar-refractivity contribution is 0.413. The molecule has 4 aromatic rings. The van der Waals surface area contributed by atoms with E-state index >= 15 is 0 Å². The molecule has 1 N–H and O–H groups in total. The fraction of sp³-hybridized carbons (Fsp3) is 0.174. The minimum Gasteiger partial charge on any atom is -0.497 e. The largest absolute Gasteiger partial charge is 0.497 e. The van der Waals surface area contributed by atoms with Crippen LogP contribution in [-0.4, -0.2) is 31.6 Å². The molecule has 0 spiro atoms. The van der Waals surface area contributed by atoms with Gasteiger partial charge in [0.15, 0.2) is 0 Å². The second-order valence-electron chi connectivity index (χ2n) is 7.02. The van der Waals surface area contributed by atoms with Gasteiger partial charge in [-0.2, -0.15) is 0 Å². The molecular weight excluding hydrogens is 398 g/mol. The van der Waals surface area contributed by atoms with E-state index in [-0.39, 0.29) is 11.4 Å². The predicted molar refractivity (Wildman–Crippen MR) is 118 cm³/mol. The molecule has 0 aliphatic rings. The van der Waals surface area contributed by atoms with Gasteiger partial charge in [0.1, 0.15) is 11.6 Å². The molecule has 1 aromatic heterocycles. The van der Waals surface area contributed by atoms with Gasteiger partial charge in [0.05, 0.1) is 23.0 Å². The number of fused-ring (bicyclic) bond motifs is 1. The van der Waals surface area contributed by atoms with Crippen LogP contribution in [0.25, 0.3) is 22.4 Å². The summed E-state index contributed by atoms with van der Waals surface area (Å²) < 4.78 is 35.3. The highest BCUT2D eigenvalue weighted by Gasteiger charge is 2.16. The van der Waals surface area contributed by atoms with Gasteiger partial charge >= 0.3 is 0 Å². The summed E-state index contributed by atoms with van der Waals surface area (Å²) in [5, 5.41) is 0. The van der Waals surface area contributed by atoms with Crippen molar-refractivity contribution >= 4 is 21.1 Å². The lowest BCUT2D eigenvalue weighted by Crippen LogP contribution is -2.27. The first kappa shape index (κ1) is 20.1. The van der Waals surface area contributed by atoms with Gasteiger partial charge in [-0.05, 0) is 31.2 Å². The molecule has 0 aliphatic heterocycles. The Hall–Kier alpha value is -3.16. The number of hydrogen-bond acceptors (Lipinski definition) is 4. The minimum absolute atomic E-state index is 0.177. The van der Waals surface area contributed by atoms with Gasteiger partial charge in [0, 0.05) is 24.7 Å². The van der Waals surface area contributed by atoms with Gasteiger partial charge in [-0.15, -0.1) is 0 Å². The zero-order chi connectivity index (χ0) is 21.1. The number of ether oxygens (including phenoxy) is 1. The van der Waals surface area contributed by atoms with Crippen molar-refractivity contribution in [1.29, 1.82) is 0 Å². The SMILES string of the molecule is COc1cccc(S(=O)(=O)NCCn2c(-c3ccc(C)cc3)nc3ccccc32)c1. The molecule has 0 radical (unpaired) electrons. The quantitative estimate of drug-likeness (QED) is 0.490. The van der Waals surface area contributed by atoms with Gasteiger partial charge in [0.25, 0.3) is 0 Å². The summed E-state index contributed by atoms with van der Waals surface area (Å²) in [6, 6.07) is 22.5. The zero-order valence-corrected chi connectivity index (χ0v) is 17.7. The number of benzene rings is 3. The Balaban J connectivity index is 1.60. The van der Waals surface area contributed by atoms with Crippen molar-refractivity contribution in [3.8, 4) is 17.1 Å². The number of nitrogens with zero attached hydrogens (tertiary/aromatic N) is 2. The molecule has 0 amide bonds. The molecule has 0 aliphatic carbocycles. The van der Waals surface area contributed by atoms with Crippen LogP contribution in [0, 0.1) is 6.92 Å². The molecule has 3 aromatic carbocycles. The van der Waals surface area contributed by atoms with Crippen LogP contribution >= 0.6 is 0 Å². The smallest absolute Gasteiger partial charge is 0.240 e. The second-order valence-corrected chi connectivity index (χ2v) is 8.79. The molecule has 30 heavy (non-hydrogen) atoms. The number of nitrogens with one attached hydrogen (secondary N) is 1. The van der Waals surface area contributed by atoms with E-state index in [1.54, 1.807) is 18.2 Å². The first-order chi connectivity index (χ1) is 14.5. The van der Waals surface area contributed by atoms with E-state index in [9.17, 15) is 8.42 Å². The Morgan fingerprint density at radius 2 is 1.77 bits per heavy atom. The van der Waals surface area contributed by atoms with E-state index in [0.29, 0.717) is 12.3 Å². The Kier molecular flexibility index (Phi) is 5.57. The topological polar surface area (TPSA) is 73.2 Å². The molecule has 0 bridgehead atoms. The van der Waals surface area contributed by atoms with Crippen LogP contribution in [0.1, 0.15) is 5.56 Å². The first-order valence-corrected chi connectivity index (χ1v) is 11.1. The number of methoxy groups -OCH3 is 1. The lowest BCUT2D eigenvalue weighted by Gasteiger charge is -2.12. The maximum absolute atomic E-state index is 12.7. The van der Waals surface area contributed by atoms with Gasteiger partial charge in [-0.25, -0.2) is 18.1 Å².